The molecule has 0 radical (unpaired) electrons. The van der Waals surface area contributed by atoms with E-state index in [0.717, 1.165) is 0 Å². The lowest BCUT2D eigenvalue weighted by atomic mass is 10.9. The topological polar surface area (TPSA) is 86.7 Å². The summed E-state index contributed by atoms with van der Waals surface area (Å²) in [6, 6.07) is 0. The van der Waals surface area contributed by atoms with Gasteiger partial charge in [0.2, 0.25) is 4.24 Å². The molecule has 0 rings (SSSR count). The Morgan fingerprint density at radius 3 is 1.50 bits per heavy atom. The molecule has 0 atom stereocenters. The van der Waals surface area contributed by atoms with Gasteiger partial charge in [-0.05, 0) is 13.8 Å². The molecule has 0 saturated heterocycles. The van der Waals surface area contributed by atoms with Crippen LogP contribution in [0.1, 0.15) is 13.8 Å². The first-order chi connectivity index (χ1) is 6.28. The molecular formula is C6H12O6S2. The zero-order chi connectivity index (χ0) is 11.4. The van der Waals surface area contributed by atoms with Crippen molar-refractivity contribution in [3.8, 4) is 0 Å². The average Bonchev–Trinajstić information content (AvgIpc) is 2.02. The molecule has 8 heteroatoms. The minimum Gasteiger partial charge on any atom is -0.266 e. The number of rotatable bonds is 6. The van der Waals surface area contributed by atoms with Gasteiger partial charge in [0.05, 0.1) is 13.2 Å². The van der Waals surface area contributed by atoms with Crippen LogP contribution in [0.3, 0.4) is 0 Å². The molecule has 0 amide bonds. The highest BCUT2D eigenvalue weighted by Crippen LogP contribution is 2.15. The highest BCUT2D eigenvalue weighted by molar-refractivity contribution is 8.10. The Kier molecular flexibility index (Phi) is 4.72. The summed E-state index contributed by atoms with van der Waals surface area (Å²) in [5, 5.41) is 0. The van der Waals surface area contributed by atoms with Gasteiger partial charge in [-0.1, -0.05) is 6.58 Å². The predicted molar refractivity (Wildman–Crippen MR) is 50.2 cm³/mol. The largest absolute Gasteiger partial charge is 0.309 e. The summed E-state index contributed by atoms with van der Waals surface area (Å²) in [6.07, 6.45) is 0. The minimum absolute atomic E-state index is 0.164. The second kappa shape index (κ2) is 4.87. The van der Waals surface area contributed by atoms with Crippen molar-refractivity contribution in [2.45, 2.75) is 13.8 Å². The van der Waals surface area contributed by atoms with Crippen molar-refractivity contribution < 1.29 is 25.2 Å². The van der Waals surface area contributed by atoms with E-state index in [4.69, 9.17) is 0 Å². The van der Waals surface area contributed by atoms with E-state index in [9.17, 15) is 16.8 Å². The fourth-order valence-corrected chi connectivity index (χ4v) is 2.74. The van der Waals surface area contributed by atoms with Gasteiger partial charge in [0, 0.05) is 0 Å². The summed E-state index contributed by atoms with van der Waals surface area (Å²) in [5.41, 5.74) is 0. The van der Waals surface area contributed by atoms with Gasteiger partial charge in [-0.25, -0.2) is 0 Å². The highest BCUT2D eigenvalue weighted by atomic mass is 32.3. The summed E-state index contributed by atoms with van der Waals surface area (Å²) in [4.78, 5) is 0. The van der Waals surface area contributed by atoms with Gasteiger partial charge in [0.15, 0.2) is 0 Å². The summed E-state index contributed by atoms with van der Waals surface area (Å²) >= 11 is 0. The Balaban J connectivity index is 4.98. The molecule has 0 aliphatic heterocycles. The van der Waals surface area contributed by atoms with Crippen molar-refractivity contribution >= 4 is 20.2 Å². The summed E-state index contributed by atoms with van der Waals surface area (Å²) in [7, 11) is -8.60. The third-order valence-electron chi connectivity index (χ3n) is 1.10. The van der Waals surface area contributed by atoms with Crippen molar-refractivity contribution in [1.29, 1.82) is 0 Å². The smallest absolute Gasteiger partial charge is 0.266 e. The molecule has 0 N–H and O–H groups in total. The maximum Gasteiger partial charge on any atom is 0.309 e. The zero-order valence-corrected chi connectivity index (χ0v) is 9.52. The van der Waals surface area contributed by atoms with E-state index in [1.807, 2.05) is 0 Å². The first-order valence-electron chi connectivity index (χ1n) is 3.75. The van der Waals surface area contributed by atoms with E-state index in [1.54, 1.807) is 0 Å². The van der Waals surface area contributed by atoms with Crippen molar-refractivity contribution in [3.63, 3.8) is 0 Å². The minimum atomic E-state index is -4.30. The second-order valence-electron chi connectivity index (χ2n) is 2.09. The number of hydrogen-bond acceptors (Lipinski definition) is 6. The standard InChI is InChI=1S/C6H12O6S2/c1-4-11-13(7,8)6(3)14(9,10)12-5-2/h3-5H2,1-2H3. The lowest BCUT2D eigenvalue weighted by Crippen LogP contribution is -2.17. The normalized spacial score (nSPS) is 12.7. The first-order valence-corrected chi connectivity index (χ1v) is 6.57. The summed E-state index contributed by atoms with van der Waals surface area (Å²) in [6.45, 7) is 5.41. The van der Waals surface area contributed by atoms with Crippen molar-refractivity contribution in [3.05, 3.63) is 10.8 Å². The fourth-order valence-electron chi connectivity index (χ4n) is 0.567. The quantitative estimate of drug-likeness (QED) is 0.620. The van der Waals surface area contributed by atoms with Gasteiger partial charge in [-0.3, -0.25) is 8.37 Å². The Hall–Kier alpha value is -0.440. The van der Waals surface area contributed by atoms with Gasteiger partial charge in [-0.15, -0.1) is 0 Å². The molecule has 0 spiro atoms. The lowest BCUT2D eigenvalue weighted by molar-refractivity contribution is 0.335. The molecule has 0 fully saturated rings. The van der Waals surface area contributed by atoms with E-state index in [0.29, 0.717) is 0 Å². The van der Waals surface area contributed by atoms with Crippen LogP contribution in [0.25, 0.3) is 0 Å². The molecule has 0 aromatic carbocycles. The third kappa shape index (κ3) is 3.37. The van der Waals surface area contributed by atoms with Crippen molar-refractivity contribution in [1.82, 2.24) is 0 Å². The SMILES string of the molecule is C=C(S(=O)(=O)OCC)S(=O)(=O)OCC. The van der Waals surface area contributed by atoms with Crippen LogP contribution < -0.4 is 0 Å². The molecule has 14 heavy (non-hydrogen) atoms. The Labute approximate surface area is 83.8 Å². The molecule has 6 nitrogen and oxygen atoms in total. The third-order valence-corrected chi connectivity index (χ3v) is 4.54. The molecule has 0 saturated carbocycles. The maximum atomic E-state index is 11.1. The molecule has 0 aliphatic rings. The Morgan fingerprint density at radius 1 is 1.00 bits per heavy atom. The molecule has 84 valence electrons. The fraction of sp³-hybridized carbons (Fsp3) is 0.667. The van der Waals surface area contributed by atoms with E-state index in [2.05, 4.69) is 14.9 Å². The zero-order valence-electron chi connectivity index (χ0n) is 7.89. The van der Waals surface area contributed by atoms with Crippen LogP contribution in [0.5, 0.6) is 0 Å². The van der Waals surface area contributed by atoms with E-state index in [1.165, 1.54) is 13.8 Å². The van der Waals surface area contributed by atoms with E-state index in [-0.39, 0.29) is 13.2 Å². The van der Waals surface area contributed by atoms with Gasteiger partial charge in [-0.2, -0.15) is 16.8 Å². The van der Waals surface area contributed by atoms with E-state index >= 15 is 0 Å². The molecule has 0 aromatic rings. The van der Waals surface area contributed by atoms with Crippen LogP contribution in [0.15, 0.2) is 10.8 Å². The van der Waals surface area contributed by atoms with Crippen LogP contribution in [-0.4, -0.2) is 30.0 Å². The van der Waals surface area contributed by atoms with Crippen LogP contribution in [0, 0.1) is 0 Å². The maximum absolute atomic E-state index is 11.1. The molecular weight excluding hydrogens is 232 g/mol. The Morgan fingerprint density at radius 2 is 1.29 bits per heavy atom. The van der Waals surface area contributed by atoms with Gasteiger partial charge < -0.3 is 0 Å². The molecule has 0 heterocycles. The van der Waals surface area contributed by atoms with E-state index < -0.39 is 24.5 Å². The van der Waals surface area contributed by atoms with Crippen LogP contribution >= 0.6 is 0 Å². The summed E-state index contributed by atoms with van der Waals surface area (Å²) < 4.78 is 51.7. The van der Waals surface area contributed by atoms with Crippen LogP contribution in [-0.2, 0) is 28.6 Å². The first kappa shape index (κ1) is 13.6. The molecule has 0 aliphatic carbocycles. The van der Waals surface area contributed by atoms with Crippen LogP contribution in [0.4, 0.5) is 0 Å². The van der Waals surface area contributed by atoms with Crippen molar-refractivity contribution in [2.75, 3.05) is 13.2 Å². The predicted octanol–water partition coefficient (Wildman–Crippen LogP) is 0.190. The second-order valence-corrected chi connectivity index (χ2v) is 5.63. The molecule has 0 bridgehead atoms. The van der Waals surface area contributed by atoms with Crippen molar-refractivity contribution in [2.24, 2.45) is 0 Å². The monoisotopic (exact) mass is 244 g/mol. The van der Waals surface area contributed by atoms with Crippen LogP contribution in [0.2, 0.25) is 0 Å². The Bertz CT molecular complexity index is 352. The van der Waals surface area contributed by atoms with Gasteiger partial charge >= 0.3 is 20.2 Å². The average molecular weight is 244 g/mol. The van der Waals surface area contributed by atoms with Gasteiger partial charge in [0.1, 0.15) is 0 Å². The molecule has 0 aromatic heterocycles. The molecule has 0 unspecified atom stereocenters. The number of hydrogen-bond donors (Lipinski definition) is 0. The highest BCUT2D eigenvalue weighted by Gasteiger charge is 2.29. The lowest BCUT2D eigenvalue weighted by Gasteiger charge is -2.06. The summed E-state index contributed by atoms with van der Waals surface area (Å²) in [5.74, 6) is 0. The van der Waals surface area contributed by atoms with Gasteiger partial charge in [0.25, 0.3) is 0 Å².